The van der Waals surface area contributed by atoms with Gasteiger partial charge in [0.25, 0.3) is 0 Å². The highest BCUT2D eigenvalue weighted by atomic mass is 19.1. The lowest BCUT2D eigenvalue weighted by Gasteiger charge is -2.11. The molecule has 3 heteroatoms. The molecule has 0 aromatic carbocycles. The Bertz CT molecular complexity index is 254. The van der Waals surface area contributed by atoms with Crippen molar-refractivity contribution in [3.05, 3.63) is 0 Å². The minimum Gasteiger partial charge on any atom is -0.461 e. The Labute approximate surface area is 137 Å². The molecular formula is C19H37FO2. The van der Waals surface area contributed by atoms with Crippen LogP contribution in [0.1, 0.15) is 104 Å². The topological polar surface area (TPSA) is 26.3 Å². The molecule has 0 aliphatic heterocycles. The maximum absolute atomic E-state index is 13.5. The molecule has 0 aliphatic carbocycles. The molecule has 0 fully saturated rings. The summed E-state index contributed by atoms with van der Waals surface area (Å²) >= 11 is 0. The van der Waals surface area contributed by atoms with E-state index >= 15 is 0 Å². The molecule has 0 rings (SSSR count). The number of rotatable bonds is 15. The van der Waals surface area contributed by atoms with Gasteiger partial charge >= 0.3 is 5.97 Å². The van der Waals surface area contributed by atoms with E-state index in [9.17, 15) is 9.18 Å². The molecule has 0 bridgehead atoms. The molecule has 132 valence electrons. The average molecular weight is 317 g/mol. The van der Waals surface area contributed by atoms with Crippen molar-refractivity contribution in [1.29, 1.82) is 0 Å². The first-order valence-electron chi connectivity index (χ1n) is 9.42. The molecule has 0 N–H and O–H groups in total. The molecule has 0 radical (unpaired) electrons. The molecule has 0 aromatic rings. The SMILES string of the molecule is CCCCCCCCCCCCCCC(F)C(=O)OC(C)C. The third kappa shape index (κ3) is 14.3. The third-order valence-electron chi connectivity index (χ3n) is 3.92. The van der Waals surface area contributed by atoms with Crippen molar-refractivity contribution in [2.24, 2.45) is 0 Å². The maximum Gasteiger partial charge on any atom is 0.340 e. The highest BCUT2D eigenvalue weighted by Gasteiger charge is 2.19. The molecule has 0 spiro atoms. The molecule has 0 heterocycles. The molecule has 0 aromatic heterocycles. The van der Waals surface area contributed by atoms with Gasteiger partial charge < -0.3 is 4.74 Å². The number of ether oxygens (including phenoxy) is 1. The molecule has 0 saturated heterocycles. The van der Waals surface area contributed by atoms with Crippen LogP contribution in [-0.2, 0) is 9.53 Å². The average Bonchev–Trinajstić information content (AvgIpc) is 2.47. The van der Waals surface area contributed by atoms with E-state index in [1.807, 2.05) is 0 Å². The standard InChI is InChI=1S/C19H37FO2/c1-4-5-6-7-8-9-10-11-12-13-14-15-16-18(20)19(21)22-17(2)3/h17-18H,4-16H2,1-3H3. The van der Waals surface area contributed by atoms with Gasteiger partial charge in [0.1, 0.15) is 0 Å². The third-order valence-corrected chi connectivity index (χ3v) is 3.92. The van der Waals surface area contributed by atoms with Crippen LogP contribution in [0.25, 0.3) is 0 Å². The second kappa shape index (κ2) is 15.3. The molecule has 0 saturated carbocycles. The largest absolute Gasteiger partial charge is 0.461 e. The van der Waals surface area contributed by atoms with E-state index in [-0.39, 0.29) is 6.10 Å². The van der Waals surface area contributed by atoms with Gasteiger partial charge in [0.15, 0.2) is 6.17 Å². The van der Waals surface area contributed by atoms with Gasteiger partial charge in [0.2, 0.25) is 0 Å². The Balaban J connectivity index is 3.24. The Hall–Kier alpha value is -0.600. The van der Waals surface area contributed by atoms with Gasteiger partial charge in [-0.05, 0) is 26.7 Å². The highest BCUT2D eigenvalue weighted by Crippen LogP contribution is 2.14. The zero-order valence-corrected chi connectivity index (χ0v) is 15.0. The minimum absolute atomic E-state index is 0.229. The number of carbonyl (C=O) groups is 1. The molecule has 22 heavy (non-hydrogen) atoms. The summed E-state index contributed by atoms with van der Waals surface area (Å²) < 4.78 is 18.3. The van der Waals surface area contributed by atoms with E-state index < -0.39 is 12.1 Å². The van der Waals surface area contributed by atoms with Crippen molar-refractivity contribution in [2.75, 3.05) is 0 Å². The van der Waals surface area contributed by atoms with E-state index in [1.165, 1.54) is 57.8 Å². The number of esters is 1. The minimum atomic E-state index is -1.44. The van der Waals surface area contributed by atoms with Gasteiger partial charge in [-0.3, -0.25) is 0 Å². The summed E-state index contributed by atoms with van der Waals surface area (Å²) in [5.74, 6) is -0.696. The summed E-state index contributed by atoms with van der Waals surface area (Å²) in [6.45, 7) is 5.74. The summed E-state index contributed by atoms with van der Waals surface area (Å²) in [7, 11) is 0. The second-order valence-electron chi connectivity index (χ2n) is 6.63. The van der Waals surface area contributed by atoms with E-state index in [0.717, 1.165) is 19.3 Å². The van der Waals surface area contributed by atoms with Crippen molar-refractivity contribution < 1.29 is 13.9 Å². The first-order chi connectivity index (χ1) is 10.6. The number of alkyl halides is 1. The smallest absolute Gasteiger partial charge is 0.340 e. The summed E-state index contributed by atoms with van der Waals surface area (Å²) in [5, 5.41) is 0. The number of hydrogen-bond acceptors (Lipinski definition) is 2. The number of carbonyl (C=O) groups excluding carboxylic acids is 1. The lowest BCUT2D eigenvalue weighted by atomic mass is 10.0. The summed E-state index contributed by atoms with van der Waals surface area (Å²) in [4.78, 5) is 11.3. The van der Waals surface area contributed by atoms with Gasteiger partial charge in [0, 0.05) is 0 Å². The van der Waals surface area contributed by atoms with E-state index in [4.69, 9.17) is 4.74 Å². The first kappa shape index (κ1) is 21.4. The fourth-order valence-electron chi connectivity index (χ4n) is 2.59. The van der Waals surface area contributed by atoms with Crippen molar-refractivity contribution in [3.8, 4) is 0 Å². The normalized spacial score (nSPS) is 12.6. The van der Waals surface area contributed by atoms with E-state index in [1.54, 1.807) is 13.8 Å². The van der Waals surface area contributed by atoms with E-state index in [2.05, 4.69) is 6.92 Å². The highest BCUT2D eigenvalue weighted by molar-refractivity contribution is 5.74. The molecule has 1 unspecified atom stereocenters. The molecule has 2 nitrogen and oxygen atoms in total. The predicted molar refractivity (Wildman–Crippen MR) is 91.8 cm³/mol. The first-order valence-corrected chi connectivity index (χ1v) is 9.42. The van der Waals surface area contributed by atoms with Crippen molar-refractivity contribution in [1.82, 2.24) is 0 Å². The zero-order chi connectivity index (χ0) is 16.6. The van der Waals surface area contributed by atoms with Crippen LogP contribution >= 0.6 is 0 Å². The molecule has 0 amide bonds. The summed E-state index contributed by atoms with van der Waals surface area (Å²) in [6, 6.07) is 0. The van der Waals surface area contributed by atoms with Crippen LogP contribution in [0.2, 0.25) is 0 Å². The van der Waals surface area contributed by atoms with Gasteiger partial charge in [-0.1, -0.05) is 77.6 Å². The van der Waals surface area contributed by atoms with Crippen LogP contribution < -0.4 is 0 Å². The van der Waals surface area contributed by atoms with Crippen LogP contribution in [0, 0.1) is 0 Å². The van der Waals surface area contributed by atoms with Crippen molar-refractivity contribution >= 4 is 5.97 Å². The number of unbranched alkanes of at least 4 members (excludes halogenated alkanes) is 11. The summed E-state index contributed by atoms with van der Waals surface area (Å²) in [6.07, 6.45) is 13.7. The van der Waals surface area contributed by atoms with Gasteiger partial charge in [-0.15, -0.1) is 0 Å². The van der Waals surface area contributed by atoms with Crippen molar-refractivity contribution in [3.63, 3.8) is 0 Å². The molecular weight excluding hydrogens is 279 g/mol. The Morgan fingerprint density at radius 2 is 1.23 bits per heavy atom. The maximum atomic E-state index is 13.5. The molecule has 0 aliphatic rings. The second-order valence-corrected chi connectivity index (χ2v) is 6.63. The molecule has 1 atom stereocenters. The Morgan fingerprint density at radius 1 is 0.818 bits per heavy atom. The van der Waals surface area contributed by atoms with Gasteiger partial charge in [0.05, 0.1) is 6.10 Å². The Kier molecular flexibility index (Phi) is 14.9. The predicted octanol–water partition coefficient (Wildman–Crippen LogP) is 6.37. The fraction of sp³-hybridized carbons (Fsp3) is 0.947. The van der Waals surface area contributed by atoms with Gasteiger partial charge in [-0.25, -0.2) is 9.18 Å². The number of hydrogen-bond donors (Lipinski definition) is 0. The van der Waals surface area contributed by atoms with Gasteiger partial charge in [-0.2, -0.15) is 0 Å². The zero-order valence-electron chi connectivity index (χ0n) is 15.0. The van der Waals surface area contributed by atoms with E-state index in [0.29, 0.717) is 6.42 Å². The quantitative estimate of drug-likeness (QED) is 0.259. The van der Waals surface area contributed by atoms with Crippen LogP contribution in [-0.4, -0.2) is 18.2 Å². The summed E-state index contributed by atoms with van der Waals surface area (Å²) in [5.41, 5.74) is 0. The number of halogens is 1. The van der Waals surface area contributed by atoms with Crippen LogP contribution in [0.3, 0.4) is 0 Å². The lowest BCUT2D eigenvalue weighted by molar-refractivity contribution is -0.153. The van der Waals surface area contributed by atoms with Crippen LogP contribution in [0.4, 0.5) is 4.39 Å². The van der Waals surface area contributed by atoms with Crippen LogP contribution in [0.5, 0.6) is 0 Å². The van der Waals surface area contributed by atoms with Crippen LogP contribution in [0.15, 0.2) is 0 Å². The lowest BCUT2D eigenvalue weighted by Crippen LogP contribution is -2.22. The van der Waals surface area contributed by atoms with Crippen molar-refractivity contribution in [2.45, 2.75) is 117 Å². The monoisotopic (exact) mass is 316 g/mol. The Morgan fingerprint density at radius 3 is 1.64 bits per heavy atom. The fourth-order valence-corrected chi connectivity index (χ4v) is 2.59.